The first-order valence-electron chi connectivity index (χ1n) is 6.92. The summed E-state index contributed by atoms with van der Waals surface area (Å²) in [6.45, 7) is 4.66. The Labute approximate surface area is 118 Å². The quantitative estimate of drug-likeness (QED) is 0.839. The average Bonchev–Trinajstić information content (AvgIpc) is 2.64. The molecule has 102 valence electrons. The molecule has 1 aliphatic carbocycles. The number of nitrogens with zero attached hydrogens (tertiary/aromatic N) is 2. The monoisotopic (exact) mass is 277 g/mol. The van der Waals surface area contributed by atoms with Crippen LogP contribution in [-0.2, 0) is 0 Å². The molecule has 1 unspecified atom stereocenters. The molecule has 0 saturated heterocycles. The van der Waals surface area contributed by atoms with Crippen molar-refractivity contribution >= 4 is 28.6 Å². The summed E-state index contributed by atoms with van der Waals surface area (Å²) in [6.07, 6.45) is 4.98. The largest absolute Gasteiger partial charge is 0.369 e. The van der Waals surface area contributed by atoms with Gasteiger partial charge in [-0.25, -0.2) is 4.98 Å². The third kappa shape index (κ3) is 2.10. The van der Waals surface area contributed by atoms with Crippen molar-refractivity contribution < 1.29 is 0 Å². The zero-order valence-corrected chi connectivity index (χ0v) is 12.2. The Hall–Kier alpha value is -1.22. The Morgan fingerprint density at radius 3 is 2.89 bits per heavy atom. The van der Waals surface area contributed by atoms with Crippen LogP contribution in [0, 0.1) is 5.41 Å². The van der Waals surface area contributed by atoms with Crippen molar-refractivity contribution in [2.24, 2.45) is 5.41 Å². The molecule has 0 amide bonds. The van der Waals surface area contributed by atoms with E-state index in [0.29, 0.717) is 17.0 Å². The zero-order valence-electron chi connectivity index (χ0n) is 11.5. The summed E-state index contributed by atoms with van der Waals surface area (Å²) in [5, 5.41) is 0.708. The Bertz CT molecular complexity index is 615. The summed E-state index contributed by atoms with van der Waals surface area (Å²) >= 11 is 6.03. The fourth-order valence-corrected chi connectivity index (χ4v) is 3.54. The summed E-state index contributed by atoms with van der Waals surface area (Å²) in [5.74, 6) is 0.609. The molecule has 1 aliphatic rings. The minimum Gasteiger partial charge on any atom is -0.369 e. The minimum atomic E-state index is 0.264. The van der Waals surface area contributed by atoms with E-state index in [1.807, 2.05) is 18.2 Å². The number of imidazole rings is 1. The summed E-state index contributed by atoms with van der Waals surface area (Å²) in [7, 11) is 0. The number of hydrogen-bond donors (Lipinski definition) is 1. The molecule has 1 aromatic heterocycles. The van der Waals surface area contributed by atoms with E-state index >= 15 is 0 Å². The van der Waals surface area contributed by atoms with Crippen LogP contribution in [0.15, 0.2) is 18.2 Å². The second kappa shape index (κ2) is 4.41. The van der Waals surface area contributed by atoms with Crippen molar-refractivity contribution in [3.05, 3.63) is 23.2 Å². The molecule has 1 saturated carbocycles. The van der Waals surface area contributed by atoms with Crippen molar-refractivity contribution in [3.8, 4) is 0 Å². The summed E-state index contributed by atoms with van der Waals surface area (Å²) in [6, 6.07) is 6.26. The van der Waals surface area contributed by atoms with E-state index < -0.39 is 0 Å². The molecule has 1 atom stereocenters. The molecule has 1 heterocycles. The lowest BCUT2D eigenvalue weighted by atomic mass is 9.73. The van der Waals surface area contributed by atoms with Gasteiger partial charge in [-0.15, -0.1) is 0 Å². The molecule has 0 spiro atoms. The predicted octanol–water partition coefficient (Wildman–Crippen LogP) is 4.41. The predicted molar refractivity (Wildman–Crippen MR) is 80.4 cm³/mol. The standard InChI is InChI=1S/C15H20ClN3/c1-15(2)8-4-3-5-13(15)19-12-7-6-10(16)9-11(12)18-14(19)17/h6-7,9,13H,3-5,8H2,1-2H3,(H2,17,18). The molecule has 1 fully saturated rings. The van der Waals surface area contributed by atoms with E-state index in [4.69, 9.17) is 17.3 Å². The number of aromatic nitrogens is 2. The fraction of sp³-hybridized carbons (Fsp3) is 0.533. The molecule has 1 aromatic carbocycles. The first-order valence-corrected chi connectivity index (χ1v) is 7.30. The van der Waals surface area contributed by atoms with Crippen LogP contribution in [0.1, 0.15) is 45.6 Å². The van der Waals surface area contributed by atoms with Gasteiger partial charge in [0.25, 0.3) is 0 Å². The Kier molecular flexibility index (Phi) is 2.97. The van der Waals surface area contributed by atoms with Gasteiger partial charge in [0, 0.05) is 11.1 Å². The highest BCUT2D eigenvalue weighted by atomic mass is 35.5. The Morgan fingerprint density at radius 1 is 1.37 bits per heavy atom. The van der Waals surface area contributed by atoms with Crippen molar-refractivity contribution in [1.29, 1.82) is 0 Å². The molecule has 2 N–H and O–H groups in total. The average molecular weight is 278 g/mol. The van der Waals surface area contributed by atoms with Gasteiger partial charge in [0.1, 0.15) is 0 Å². The van der Waals surface area contributed by atoms with Gasteiger partial charge in [0.2, 0.25) is 5.95 Å². The molecule has 0 radical (unpaired) electrons. The van der Waals surface area contributed by atoms with E-state index in [1.54, 1.807) is 0 Å². The van der Waals surface area contributed by atoms with Crippen molar-refractivity contribution in [2.75, 3.05) is 5.73 Å². The molecule has 4 heteroatoms. The smallest absolute Gasteiger partial charge is 0.201 e. The lowest BCUT2D eigenvalue weighted by Crippen LogP contribution is -2.31. The SMILES string of the molecule is CC1(C)CCCCC1n1c(N)nc2cc(Cl)ccc21. The number of nitrogens with two attached hydrogens (primary N) is 1. The van der Waals surface area contributed by atoms with E-state index in [0.717, 1.165) is 11.0 Å². The number of rotatable bonds is 1. The molecule has 0 bridgehead atoms. The molecule has 19 heavy (non-hydrogen) atoms. The van der Waals surface area contributed by atoms with Gasteiger partial charge in [0.15, 0.2) is 0 Å². The summed E-state index contributed by atoms with van der Waals surface area (Å²) < 4.78 is 2.21. The second-order valence-electron chi connectivity index (χ2n) is 6.22. The van der Waals surface area contributed by atoms with Gasteiger partial charge < -0.3 is 10.3 Å². The second-order valence-corrected chi connectivity index (χ2v) is 6.66. The van der Waals surface area contributed by atoms with Crippen LogP contribution >= 0.6 is 11.6 Å². The van der Waals surface area contributed by atoms with Gasteiger partial charge in [0.05, 0.1) is 11.0 Å². The van der Waals surface area contributed by atoms with Gasteiger partial charge in [-0.2, -0.15) is 0 Å². The van der Waals surface area contributed by atoms with Crippen LogP contribution in [0.2, 0.25) is 5.02 Å². The molecule has 0 aliphatic heterocycles. The third-order valence-corrected chi connectivity index (χ3v) is 4.68. The topological polar surface area (TPSA) is 43.8 Å². The maximum absolute atomic E-state index is 6.16. The van der Waals surface area contributed by atoms with E-state index in [2.05, 4.69) is 23.4 Å². The molecular weight excluding hydrogens is 258 g/mol. The third-order valence-electron chi connectivity index (χ3n) is 4.44. The van der Waals surface area contributed by atoms with E-state index in [1.165, 1.54) is 25.7 Å². The van der Waals surface area contributed by atoms with Crippen molar-refractivity contribution in [3.63, 3.8) is 0 Å². The maximum Gasteiger partial charge on any atom is 0.201 e. The number of halogens is 1. The van der Waals surface area contributed by atoms with Gasteiger partial charge >= 0.3 is 0 Å². The molecular formula is C15H20ClN3. The van der Waals surface area contributed by atoms with E-state index in [-0.39, 0.29) is 5.41 Å². The van der Waals surface area contributed by atoms with Crippen LogP contribution < -0.4 is 5.73 Å². The van der Waals surface area contributed by atoms with Crippen LogP contribution in [0.3, 0.4) is 0 Å². The first-order chi connectivity index (χ1) is 8.99. The van der Waals surface area contributed by atoms with Crippen LogP contribution in [0.4, 0.5) is 5.95 Å². The number of fused-ring (bicyclic) bond motifs is 1. The molecule has 3 rings (SSSR count). The zero-order chi connectivity index (χ0) is 13.6. The molecule has 2 aromatic rings. The lowest BCUT2D eigenvalue weighted by Gasteiger charge is -2.40. The number of hydrogen-bond acceptors (Lipinski definition) is 2. The van der Waals surface area contributed by atoms with Gasteiger partial charge in [-0.1, -0.05) is 38.3 Å². The van der Waals surface area contributed by atoms with E-state index in [9.17, 15) is 0 Å². The Balaban J connectivity index is 2.16. The van der Waals surface area contributed by atoms with Crippen LogP contribution in [-0.4, -0.2) is 9.55 Å². The normalized spacial score (nSPS) is 22.8. The lowest BCUT2D eigenvalue weighted by molar-refractivity contribution is 0.149. The number of anilines is 1. The highest BCUT2D eigenvalue weighted by molar-refractivity contribution is 6.31. The fourth-order valence-electron chi connectivity index (χ4n) is 3.37. The first kappa shape index (κ1) is 12.8. The number of nitrogen functional groups attached to an aromatic ring is 1. The van der Waals surface area contributed by atoms with Crippen molar-refractivity contribution in [2.45, 2.75) is 45.6 Å². The number of benzene rings is 1. The van der Waals surface area contributed by atoms with Gasteiger partial charge in [-0.05, 0) is 36.5 Å². The Morgan fingerprint density at radius 2 is 2.16 bits per heavy atom. The highest BCUT2D eigenvalue weighted by Crippen LogP contribution is 2.45. The summed E-state index contributed by atoms with van der Waals surface area (Å²) in [5.41, 5.74) is 8.42. The van der Waals surface area contributed by atoms with Crippen LogP contribution in [0.25, 0.3) is 11.0 Å². The summed E-state index contributed by atoms with van der Waals surface area (Å²) in [4.78, 5) is 4.47. The highest BCUT2D eigenvalue weighted by Gasteiger charge is 2.35. The molecule has 3 nitrogen and oxygen atoms in total. The minimum absolute atomic E-state index is 0.264. The van der Waals surface area contributed by atoms with Crippen molar-refractivity contribution in [1.82, 2.24) is 9.55 Å². The van der Waals surface area contributed by atoms with Gasteiger partial charge in [-0.3, -0.25) is 0 Å². The van der Waals surface area contributed by atoms with Crippen LogP contribution in [0.5, 0.6) is 0 Å². The maximum atomic E-state index is 6.16.